The highest BCUT2D eigenvalue weighted by atomic mass is 35.5. The van der Waals surface area contributed by atoms with Crippen molar-refractivity contribution in [2.75, 3.05) is 5.88 Å². The summed E-state index contributed by atoms with van der Waals surface area (Å²) in [6.07, 6.45) is -2.64. The average molecular weight is 225 g/mol. The van der Waals surface area contributed by atoms with Gasteiger partial charge in [0, 0.05) is 12.1 Å². The van der Waals surface area contributed by atoms with E-state index in [1.54, 1.807) is 0 Å². The molecule has 1 aromatic heterocycles. The molecule has 1 rings (SSSR count). The van der Waals surface area contributed by atoms with Crippen LogP contribution in [0.1, 0.15) is 5.56 Å². The molecule has 0 aromatic carbocycles. The van der Waals surface area contributed by atoms with E-state index in [2.05, 4.69) is 11.7 Å². The zero-order valence-electron chi connectivity index (χ0n) is 7.18. The fourth-order valence-corrected chi connectivity index (χ4v) is 0.952. The molecule has 2 nitrogen and oxygen atoms in total. The first-order valence-electron chi connectivity index (χ1n) is 3.75. The van der Waals surface area contributed by atoms with Crippen molar-refractivity contribution in [3.63, 3.8) is 0 Å². The molecule has 0 spiro atoms. The van der Waals surface area contributed by atoms with Crippen LogP contribution >= 0.6 is 11.6 Å². The van der Waals surface area contributed by atoms with Crippen LogP contribution in [-0.2, 0) is 12.7 Å². The summed E-state index contributed by atoms with van der Waals surface area (Å²) in [6.45, 7) is 3.77. The maximum Gasteiger partial charge on any atom is 0.419 e. The van der Waals surface area contributed by atoms with Gasteiger partial charge >= 0.3 is 6.18 Å². The number of hydrogen-bond donors (Lipinski definition) is 0. The largest absolute Gasteiger partial charge is 0.419 e. The summed E-state index contributed by atoms with van der Waals surface area (Å²) in [5.74, 6) is 0.210. The van der Waals surface area contributed by atoms with E-state index in [0.717, 1.165) is 17.1 Å². The van der Waals surface area contributed by atoms with Gasteiger partial charge in [0.15, 0.2) is 0 Å². The molecule has 0 unspecified atom stereocenters. The Morgan fingerprint density at radius 2 is 2.21 bits per heavy atom. The third-order valence-corrected chi connectivity index (χ3v) is 1.91. The summed E-state index contributed by atoms with van der Waals surface area (Å²) in [6, 6.07) is 0. The number of rotatable bonds is 3. The smallest absolute Gasteiger partial charge is 0.268 e. The third-order valence-electron chi connectivity index (χ3n) is 1.54. The van der Waals surface area contributed by atoms with Crippen molar-refractivity contribution in [2.24, 2.45) is 0 Å². The van der Waals surface area contributed by atoms with E-state index >= 15 is 0 Å². The minimum Gasteiger partial charge on any atom is -0.268 e. The number of alkyl halides is 4. The molecule has 0 atom stereocenters. The lowest BCUT2D eigenvalue weighted by molar-refractivity contribution is -0.137. The highest BCUT2D eigenvalue weighted by Gasteiger charge is 2.32. The van der Waals surface area contributed by atoms with E-state index in [9.17, 15) is 13.2 Å². The van der Waals surface area contributed by atoms with Gasteiger partial charge in [0.1, 0.15) is 0 Å². The predicted octanol–water partition coefficient (Wildman–Crippen LogP) is 2.70. The summed E-state index contributed by atoms with van der Waals surface area (Å²) < 4.78 is 37.5. The first kappa shape index (κ1) is 11.1. The number of aromatic nitrogens is 2. The molecule has 0 N–H and O–H groups in total. The standard InChI is InChI=1S/C8H8ClF3N2/c1-6(2-9)4-14-5-7(3-13-14)8(10,11)12/h3,5H,1-2,4H2. The first-order valence-corrected chi connectivity index (χ1v) is 4.29. The molecule has 78 valence electrons. The van der Waals surface area contributed by atoms with E-state index < -0.39 is 11.7 Å². The maximum absolute atomic E-state index is 12.1. The monoisotopic (exact) mass is 224 g/mol. The molecule has 0 saturated heterocycles. The molecule has 1 heterocycles. The average Bonchev–Trinajstić information content (AvgIpc) is 2.51. The lowest BCUT2D eigenvalue weighted by atomic mass is 10.3. The summed E-state index contributed by atoms with van der Waals surface area (Å²) in [7, 11) is 0. The van der Waals surface area contributed by atoms with Gasteiger partial charge in [0.2, 0.25) is 0 Å². The molecule has 0 fully saturated rings. The molecule has 0 aliphatic heterocycles. The topological polar surface area (TPSA) is 17.8 Å². The molecule has 1 aromatic rings. The van der Waals surface area contributed by atoms with Crippen molar-refractivity contribution in [1.82, 2.24) is 9.78 Å². The first-order chi connectivity index (χ1) is 6.43. The minimum atomic E-state index is -4.35. The van der Waals surface area contributed by atoms with Crippen LogP contribution in [0.2, 0.25) is 0 Å². The molecule has 6 heteroatoms. The fraction of sp³-hybridized carbons (Fsp3) is 0.375. The second kappa shape index (κ2) is 4.04. The molecule has 0 bridgehead atoms. The van der Waals surface area contributed by atoms with Gasteiger partial charge in [0.05, 0.1) is 18.3 Å². The SMILES string of the molecule is C=C(CCl)Cn1cc(C(F)(F)F)cn1. The van der Waals surface area contributed by atoms with Gasteiger partial charge in [-0.15, -0.1) is 11.6 Å². The Labute approximate surface area is 84.0 Å². The number of hydrogen-bond acceptors (Lipinski definition) is 1. The van der Waals surface area contributed by atoms with Crippen molar-refractivity contribution in [1.29, 1.82) is 0 Å². The lowest BCUT2D eigenvalue weighted by Gasteiger charge is -2.02. The Kier molecular flexibility index (Phi) is 3.21. The van der Waals surface area contributed by atoms with Gasteiger partial charge in [0.25, 0.3) is 0 Å². The zero-order valence-corrected chi connectivity index (χ0v) is 7.94. The van der Waals surface area contributed by atoms with Crippen LogP contribution in [0.25, 0.3) is 0 Å². The van der Waals surface area contributed by atoms with Crippen molar-refractivity contribution in [3.05, 3.63) is 30.1 Å². The molecule has 0 saturated carbocycles. The van der Waals surface area contributed by atoms with Crippen molar-refractivity contribution >= 4 is 11.6 Å². The summed E-state index contributed by atoms with van der Waals surface area (Å²) in [5, 5.41) is 3.55. The molecular formula is C8H8ClF3N2. The van der Waals surface area contributed by atoms with Gasteiger partial charge in [-0.05, 0) is 5.57 Å². The Balaban J connectivity index is 2.74. The minimum absolute atomic E-state index is 0.208. The predicted molar refractivity (Wildman–Crippen MR) is 47.1 cm³/mol. The van der Waals surface area contributed by atoms with E-state index in [1.165, 1.54) is 0 Å². The van der Waals surface area contributed by atoms with Crippen LogP contribution in [0.15, 0.2) is 24.5 Å². The van der Waals surface area contributed by atoms with Gasteiger partial charge in [-0.25, -0.2) is 0 Å². The lowest BCUT2D eigenvalue weighted by Crippen LogP contribution is -2.04. The number of allylic oxidation sites excluding steroid dienone is 1. The zero-order chi connectivity index (χ0) is 10.8. The number of halogens is 4. The van der Waals surface area contributed by atoms with Crippen LogP contribution < -0.4 is 0 Å². The van der Waals surface area contributed by atoms with Gasteiger partial charge in [-0.1, -0.05) is 6.58 Å². The van der Waals surface area contributed by atoms with Crippen LogP contribution in [0.4, 0.5) is 13.2 Å². The molecule has 0 aliphatic carbocycles. The quantitative estimate of drug-likeness (QED) is 0.570. The number of nitrogens with zero attached hydrogens (tertiary/aromatic N) is 2. The Hall–Kier alpha value is -0.970. The van der Waals surface area contributed by atoms with Crippen LogP contribution in [0.5, 0.6) is 0 Å². The van der Waals surface area contributed by atoms with Crippen LogP contribution in [-0.4, -0.2) is 15.7 Å². The molecular weight excluding hydrogens is 217 g/mol. The second-order valence-corrected chi connectivity index (χ2v) is 3.08. The van der Waals surface area contributed by atoms with E-state index in [1.807, 2.05) is 0 Å². The Bertz CT molecular complexity index is 330. The normalized spacial score (nSPS) is 11.7. The fourth-order valence-electron chi connectivity index (χ4n) is 0.868. The van der Waals surface area contributed by atoms with E-state index in [4.69, 9.17) is 11.6 Å². The highest BCUT2D eigenvalue weighted by Crippen LogP contribution is 2.28. The van der Waals surface area contributed by atoms with Gasteiger partial charge in [-0.2, -0.15) is 18.3 Å². The van der Waals surface area contributed by atoms with Crippen LogP contribution in [0, 0.1) is 0 Å². The highest BCUT2D eigenvalue weighted by molar-refractivity contribution is 6.19. The summed E-state index contributed by atoms with van der Waals surface area (Å²) in [5.41, 5.74) is -0.150. The van der Waals surface area contributed by atoms with E-state index in [0.29, 0.717) is 5.57 Å². The second-order valence-electron chi connectivity index (χ2n) is 2.81. The third kappa shape index (κ3) is 2.77. The van der Waals surface area contributed by atoms with Crippen molar-refractivity contribution < 1.29 is 13.2 Å². The molecule has 0 aliphatic rings. The van der Waals surface area contributed by atoms with Gasteiger partial charge in [-0.3, -0.25) is 4.68 Å². The van der Waals surface area contributed by atoms with Crippen molar-refractivity contribution in [2.45, 2.75) is 12.7 Å². The van der Waals surface area contributed by atoms with Crippen molar-refractivity contribution in [3.8, 4) is 0 Å². The Morgan fingerprint density at radius 1 is 1.57 bits per heavy atom. The molecule has 0 radical (unpaired) electrons. The van der Waals surface area contributed by atoms with Crippen LogP contribution in [0.3, 0.4) is 0 Å². The maximum atomic E-state index is 12.1. The Morgan fingerprint density at radius 3 is 2.64 bits per heavy atom. The molecule has 0 amide bonds. The van der Waals surface area contributed by atoms with E-state index in [-0.39, 0.29) is 12.4 Å². The summed E-state index contributed by atoms with van der Waals surface area (Å²) >= 11 is 5.44. The van der Waals surface area contributed by atoms with Gasteiger partial charge < -0.3 is 0 Å². The summed E-state index contributed by atoms with van der Waals surface area (Å²) in [4.78, 5) is 0. The molecule has 14 heavy (non-hydrogen) atoms.